The average Bonchev–Trinajstić information content (AvgIpc) is 2.82. The lowest BCUT2D eigenvalue weighted by Crippen LogP contribution is -1.91. The van der Waals surface area contributed by atoms with Gasteiger partial charge in [0.1, 0.15) is 0 Å². The molecule has 0 spiro atoms. The van der Waals surface area contributed by atoms with Gasteiger partial charge in [0.2, 0.25) is 0 Å². The fourth-order valence-corrected chi connectivity index (χ4v) is 1.39. The summed E-state index contributed by atoms with van der Waals surface area (Å²) < 4.78 is 0. The highest BCUT2D eigenvalue weighted by Gasteiger charge is 1.88. The smallest absolute Gasteiger partial charge is 0.0931 e. The highest BCUT2D eigenvalue weighted by molar-refractivity contribution is 5.73. The minimum absolute atomic E-state index is 0.646. The zero-order valence-electron chi connectivity index (χ0n) is 9.30. The quantitative estimate of drug-likeness (QED) is 0.515. The molecule has 1 aromatic heterocycles. The van der Waals surface area contributed by atoms with Crippen LogP contribution in [-0.4, -0.2) is 9.97 Å². The van der Waals surface area contributed by atoms with Gasteiger partial charge in [0, 0.05) is 0 Å². The fourth-order valence-electron chi connectivity index (χ4n) is 1.39. The number of aromatic amines is 1. The molecule has 0 fully saturated rings. The van der Waals surface area contributed by atoms with E-state index in [1.54, 1.807) is 18.5 Å². The summed E-state index contributed by atoms with van der Waals surface area (Å²) >= 11 is 0. The van der Waals surface area contributed by atoms with E-state index in [-0.39, 0.29) is 0 Å². The van der Waals surface area contributed by atoms with E-state index in [9.17, 15) is 0 Å². The summed E-state index contributed by atoms with van der Waals surface area (Å²) in [4.78, 5) is 7.07. The van der Waals surface area contributed by atoms with Gasteiger partial charge in [-0.15, -0.1) is 0 Å². The van der Waals surface area contributed by atoms with E-state index >= 15 is 0 Å². The van der Waals surface area contributed by atoms with Gasteiger partial charge in [0.15, 0.2) is 0 Å². The van der Waals surface area contributed by atoms with Crippen LogP contribution in [-0.2, 0) is 0 Å². The molecule has 0 amide bonds. The van der Waals surface area contributed by atoms with Gasteiger partial charge >= 0.3 is 0 Å². The number of nitrogens with zero attached hydrogens (tertiary/aromatic N) is 1. The van der Waals surface area contributed by atoms with Gasteiger partial charge in [-0.1, -0.05) is 24.3 Å². The normalized spacial score (nSPS) is 9.65. The van der Waals surface area contributed by atoms with Gasteiger partial charge in [-0.25, -0.2) is 4.98 Å². The zero-order valence-corrected chi connectivity index (χ0v) is 9.30. The van der Waals surface area contributed by atoms with Gasteiger partial charge in [-0.05, 0) is 24.3 Å². The van der Waals surface area contributed by atoms with Crippen molar-refractivity contribution in [3.63, 3.8) is 0 Å². The second kappa shape index (κ2) is 5.03. The monoisotopic (exact) mass is 226 g/mol. The Balaban J connectivity index is 0.000000128. The van der Waals surface area contributed by atoms with Crippen molar-refractivity contribution in [2.45, 2.75) is 0 Å². The minimum Gasteiger partial charge on any atom is -0.397 e. The highest BCUT2D eigenvalue weighted by atomic mass is 14.9. The molecule has 86 valence electrons. The van der Waals surface area contributed by atoms with Crippen LogP contribution >= 0.6 is 0 Å². The van der Waals surface area contributed by atoms with Crippen molar-refractivity contribution in [1.82, 2.24) is 9.97 Å². The second-order valence-corrected chi connectivity index (χ2v) is 3.55. The second-order valence-electron chi connectivity index (χ2n) is 3.55. The number of aromatic nitrogens is 2. The number of hydrogen-bond acceptors (Lipinski definition) is 3. The topological polar surface area (TPSA) is 80.7 Å². The Morgan fingerprint density at radius 2 is 1.41 bits per heavy atom. The largest absolute Gasteiger partial charge is 0.397 e. The van der Waals surface area contributed by atoms with Crippen LogP contribution in [0.25, 0.3) is 11.0 Å². The van der Waals surface area contributed by atoms with Crippen LogP contribution < -0.4 is 11.5 Å². The van der Waals surface area contributed by atoms with E-state index in [4.69, 9.17) is 11.5 Å². The first-order valence-corrected chi connectivity index (χ1v) is 5.25. The summed E-state index contributed by atoms with van der Waals surface area (Å²) in [6.45, 7) is 0. The Kier molecular flexibility index (Phi) is 3.25. The van der Waals surface area contributed by atoms with Crippen molar-refractivity contribution >= 4 is 22.4 Å². The predicted octanol–water partition coefficient (Wildman–Crippen LogP) is 2.41. The van der Waals surface area contributed by atoms with Crippen molar-refractivity contribution in [3.05, 3.63) is 54.9 Å². The van der Waals surface area contributed by atoms with Crippen molar-refractivity contribution in [1.29, 1.82) is 0 Å². The molecule has 0 atom stereocenters. The van der Waals surface area contributed by atoms with Gasteiger partial charge < -0.3 is 16.5 Å². The number of fused-ring (bicyclic) bond motifs is 1. The molecule has 2 aromatic carbocycles. The summed E-state index contributed by atoms with van der Waals surface area (Å²) in [6, 6.07) is 15.2. The standard InChI is InChI=1S/C7H6N2.C6H8N2/c1-2-4-7-6(3-1)8-5-9-7;7-5-3-1-2-4-6(5)8/h1-5H,(H,8,9);1-4H,7-8H2. The first-order chi connectivity index (χ1) is 8.27. The van der Waals surface area contributed by atoms with Crippen molar-refractivity contribution in [2.75, 3.05) is 11.5 Å². The maximum atomic E-state index is 5.39. The molecular formula is C13H14N4. The number of hydrogen-bond donors (Lipinski definition) is 3. The maximum absolute atomic E-state index is 5.39. The minimum atomic E-state index is 0.646. The summed E-state index contributed by atoms with van der Waals surface area (Å²) in [5.74, 6) is 0. The zero-order chi connectivity index (χ0) is 12.1. The Morgan fingerprint density at radius 3 is 2.00 bits per heavy atom. The molecule has 0 aliphatic rings. The van der Waals surface area contributed by atoms with Gasteiger partial charge in [-0.3, -0.25) is 0 Å². The molecule has 3 aromatic rings. The molecule has 0 bridgehead atoms. The van der Waals surface area contributed by atoms with Crippen molar-refractivity contribution in [2.24, 2.45) is 0 Å². The van der Waals surface area contributed by atoms with Crippen LogP contribution in [0.2, 0.25) is 0 Å². The lowest BCUT2D eigenvalue weighted by molar-refractivity contribution is 1.34. The average molecular weight is 226 g/mol. The van der Waals surface area contributed by atoms with Crippen LogP contribution in [0.4, 0.5) is 11.4 Å². The van der Waals surface area contributed by atoms with E-state index in [2.05, 4.69) is 9.97 Å². The summed E-state index contributed by atoms with van der Waals surface area (Å²) in [6.07, 6.45) is 1.70. The van der Waals surface area contributed by atoms with E-state index < -0.39 is 0 Å². The number of para-hydroxylation sites is 4. The molecule has 0 unspecified atom stereocenters. The molecule has 4 heteroatoms. The Bertz CT molecular complexity index is 550. The third-order valence-corrected chi connectivity index (χ3v) is 2.32. The molecule has 1 heterocycles. The number of H-pyrrole nitrogens is 1. The number of imidazole rings is 1. The van der Waals surface area contributed by atoms with Crippen molar-refractivity contribution in [3.8, 4) is 0 Å². The number of nitrogen functional groups attached to an aromatic ring is 2. The van der Waals surface area contributed by atoms with E-state index in [0.717, 1.165) is 11.0 Å². The van der Waals surface area contributed by atoms with E-state index in [0.29, 0.717) is 11.4 Å². The summed E-state index contributed by atoms with van der Waals surface area (Å²) in [7, 11) is 0. The maximum Gasteiger partial charge on any atom is 0.0931 e. The number of nitrogens with two attached hydrogens (primary N) is 2. The molecule has 0 radical (unpaired) electrons. The molecule has 0 aliphatic carbocycles. The Hall–Kier alpha value is -2.49. The SMILES string of the molecule is Nc1ccccc1N.c1ccc2[nH]cnc2c1. The van der Waals surface area contributed by atoms with Crippen LogP contribution in [0.3, 0.4) is 0 Å². The van der Waals surface area contributed by atoms with Crippen LogP contribution in [0.5, 0.6) is 0 Å². The fraction of sp³-hybridized carbons (Fsp3) is 0. The molecular weight excluding hydrogens is 212 g/mol. The van der Waals surface area contributed by atoms with E-state index in [1.165, 1.54) is 0 Å². The molecule has 17 heavy (non-hydrogen) atoms. The van der Waals surface area contributed by atoms with Crippen molar-refractivity contribution < 1.29 is 0 Å². The first kappa shape index (κ1) is 11.0. The number of benzene rings is 2. The van der Waals surface area contributed by atoms with Gasteiger partial charge in [0.25, 0.3) is 0 Å². The lowest BCUT2D eigenvalue weighted by atomic mass is 10.3. The molecule has 0 saturated carbocycles. The van der Waals surface area contributed by atoms with Crippen LogP contribution in [0, 0.1) is 0 Å². The summed E-state index contributed by atoms with van der Waals surface area (Å²) in [5, 5.41) is 0. The van der Waals surface area contributed by atoms with E-state index in [1.807, 2.05) is 36.4 Å². The highest BCUT2D eigenvalue weighted by Crippen LogP contribution is 2.10. The Morgan fingerprint density at radius 1 is 0.824 bits per heavy atom. The number of rotatable bonds is 0. The first-order valence-electron chi connectivity index (χ1n) is 5.25. The molecule has 5 N–H and O–H groups in total. The Labute approximate surface area is 99.3 Å². The third kappa shape index (κ3) is 2.75. The van der Waals surface area contributed by atoms with Gasteiger partial charge in [-0.2, -0.15) is 0 Å². The molecule has 0 saturated heterocycles. The third-order valence-electron chi connectivity index (χ3n) is 2.32. The van der Waals surface area contributed by atoms with Gasteiger partial charge in [0.05, 0.1) is 28.7 Å². The number of nitrogens with one attached hydrogen (secondary N) is 1. The van der Waals surface area contributed by atoms with Crippen LogP contribution in [0.15, 0.2) is 54.9 Å². The molecule has 4 nitrogen and oxygen atoms in total. The predicted molar refractivity (Wildman–Crippen MR) is 71.4 cm³/mol. The number of anilines is 2. The molecule has 3 rings (SSSR count). The lowest BCUT2D eigenvalue weighted by Gasteiger charge is -1.94. The molecule has 0 aliphatic heterocycles. The van der Waals surface area contributed by atoms with Crippen LogP contribution in [0.1, 0.15) is 0 Å². The summed E-state index contributed by atoms with van der Waals surface area (Å²) in [5.41, 5.74) is 14.2.